The Morgan fingerprint density at radius 1 is 1.32 bits per heavy atom. The highest BCUT2D eigenvalue weighted by Crippen LogP contribution is 2.30. The fourth-order valence-corrected chi connectivity index (χ4v) is 3.35. The minimum absolute atomic E-state index is 0.0801. The van der Waals surface area contributed by atoms with Gasteiger partial charge in [-0.25, -0.2) is 9.97 Å². The lowest BCUT2D eigenvalue weighted by atomic mass is 10.2. The number of aromatic nitrogens is 3. The zero-order valence-electron chi connectivity index (χ0n) is 14.1. The van der Waals surface area contributed by atoms with Crippen LogP contribution in [0.15, 0.2) is 36.0 Å². The van der Waals surface area contributed by atoms with Crippen molar-refractivity contribution in [3.8, 4) is 0 Å². The molecule has 1 unspecified atom stereocenters. The average molecular weight is 359 g/mol. The van der Waals surface area contributed by atoms with E-state index < -0.39 is 0 Å². The number of hydroxylamine groups is 1. The van der Waals surface area contributed by atoms with Gasteiger partial charge < -0.3 is 9.30 Å². The van der Waals surface area contributed by atoms with E-state index in [0.717, 1.165) is 27.9 Å². The van der Waals surface area contributed by atoms with Gasteiger partial charge in [-0.2, -0.15) is 0 Å². The number of nitrogens with zero attached hydrogens (tertiary/aromatic N) is 3. The summed E-state index contributed by atoms with van der Waals surface area (Å²) in [6, 6.07) is 7.94. The molecule has 7 heteroatoms. The molecule has 1 N–H and O–H groups in total. The van der Waals surface area contributed by atoms with Gasteiger partial charge in [0.2, 0.25) is 0 Å². The van der Waals surface area contributed by atoms with Crippen LogP contribution < -0.4 is 5.48 Å². The van der Waals surface area contributed by atoms with Crippen molar-refractivity contribution in [2.24, 2.45) is 0 Å². The molecule has 0 amide bonds. The molecule has 0 spiro atoms. The fourth-order valence-electron chi connectivity index (χ4n) is 3.13. The first-order valence-electron chi connectivity index (χ1n) is 8.28. The summed E-state index contributed by atoms with van der Waals surface area (Å²) < 4.78 is 7.74. The van der Waals surface area contributed by atoms with Crippen LogP contribution in [0.1, 0.15) is 19.7 Å². The first-order chi connectivity index (χ1) is 12.2. The Morgan fingerprint density at radius 3 is 2.92 bits per heavy atom. The van der Waals surface area contributed by atoms with Gasteiger partial charge in [-0.3, -0.25) is 10.3 Å². The molecule has 2 aromatic heterocycles. The molecule has 1 atom stereocenters. The third kappa shape index (κ3) is 2.97. The van der Waals surface area contributed by atoms with E-state index in [9.17, 15) is 0 Å². The first-order valence-corrected chi connectivity index (χ1v) is 8.66. The maximum absolute atomic E-state index is 6.41. The zero-order valence-corrected chi connectivity index (χ0v) is 14.9. The van der Waals surface area contributed by atoms with Crippen LogP contribution in [0, 0.1) is 0 Å². The smallest absolute Gasteiger partial charge is 0.157 e. The predicted molar refractivity (Wildman–Crippen MR) is 97.1 cm³/mol. The van der Waals surface area contributed by atoms with E-state index in [1.807, 2.05) is 38.1 Å². The number of pyridine rings is 1. The molecule has 3 heterocycles. The van der Waals surface area contributed by atoms with Crippen molar-refractivity contribution in [2.45, 2.75) is 33.1 Å². The van der Waals surface area contributed by atoms with Crippen molar-refractivity contribution >= 4 is 33.5 Å². The van der Waals surface area contributed by atoms with E-state index in [1.165, 1.54) is 0 Å². The standard InChI is InChI=1S/C18H19ClN4O2/c1-3-24-10-15-21-16-17(23(15)9-12-8-11(2)22-25-12)13-6-4-5-7-14(13)20-18(16)19/h4-8,12,22H,3,9-10H2,1-2H3. The monoisotopic (exact) mass is 358 g/mol. The highest BCUT2D eigenvalue weighted by Gasteiger charge is 2.22. The second kappa shape index (κ2) is 6.63. The summed E-state index contributed by atoms with van der Waals surface area (Å²) >= 11 is 6.41. The van der Waals surface area contributed by atoms with E-state index in [2.05, 4.69) is 21.1 Å². The molecule has 1 aliphatic heterocycles. The summed E-state index contributed by atoms with van der Waals surface area (Å²) in [7, 11) is 0. The van der Waals surface area contributed by atoms with E-state index in [1.54, 1.807) is 0 Å². The number of rotatable bonds is 5. The number of fused-ring (bicyclic) bond motifs is 3. The minimum atomic E-state index is -0.0801. The maximum Gasteiger partial charge on any atom is 0.157 e. The quantitative estimate of drug-likeness (QED) is 0.706. The first kappa shape index (κ1) is 16.3. The number of ether oxygens (including phenoxy) is 1. The van der Waals surface area contributed by atoms with E-state index >= 15 is 0 Å². The largest absolute Gasteiger partial charge is 0.374 e. The SMILES string of the molecule is CCOCc1nc2c(Cl)nc3ccccc3c2n1CC1C=C(C)NO1. The number of allylic oxidation sites excluding steroid dienone is 1. The lowest BCUT2D eigenvalue weighted by Crippen LogP contribution is -2.20. The normalized spacial score (nSPS) is 17.2. The maximum atomic E-state index is 6.41. The second-order valence-corrected chi connectivity index (χ2v) is 6.36. The van der Waals surface area contributed by atoms with Crippen molar-refractivity contribution < 1.29 is 9.57 Å². The van der Waals surface area contributed by atoms with Crippen LogP contribution in [0.25, 0.3) is 21.9 Å². The van der Waals surface area contributed by atoms with Gasteiger partial charge in [0.15, 0.2) is 5.15 Å². The van der Waals surface area contributed by atoms with Crippen LogP contribution in [-0.4, -0.2) is 27.2 Å². The molecule has 0 bridgehead atoms. The number of imidazole rings is 1. The lowest BCUT2D eigenvalue weighted by molar-refractivity contribution is 0.0325. The van der Waals surface area contributed by atoms with Crippen molar-refractivity contribution in [3.05, 3.63) is 47.0 Å². The highest BCUT2D eigenvalue weighted by atomic mass is 35.5. The van der Waals surface area contributed by atoms with Crippen molar-refractivity contribution in [1.29, 1.82) is 0 Å². The summed E-state index contributed by atoms with van der Waals surface area (Å²) in [4.78, 5) is 14.8. The van der Waals surface area contributed by atoms with Gasteiger partial charge >= 0.3 is 0 Å². The van der Waals surface area contributed by atoms with E-state index in [4.69, 9.17) is 26.2 Å². The van der Waals surface area contributed by atoms with Crippen LogP contribution >= 0.6 is 11.6 Å². The van der Waals surface area contributed by atoms with E-state index in [-0.39, 0.29) is 6.10 Å². The Hall–Kier alpha value is -2.15. The molecule has 1 aromatic carbocycles. The summed E-state index contributed by atoms with van der Waals surface area (Å²) in [5.74, 6) is 0.818. The number of hydrogen-bond acceptors (Lipinski definition) is 5. The molecule has 0 saturated carbocycles. The molecule has 0 fully saturated rings. The zero-order chi connectivity index (χ0) is 17.4. The van der Waals surface area contributed by atoms with Gasteiger partial charge in [-0.05, 0) is 26.0 Å². The third-order valence-electron chi connectivity index (χ3n) is 4.22. The van der Waals surface area contributed by atoms with E-state index in [0.29, 0.717) is 30.4 Å². The number of nitrogens with one attached hydrogen (secondary N) is 1. The molecule has 3 aromatic rings. The van der Waals surface area contributed by atoms with Gasteiger partial charge in [0.05, 0.1) is 17.6 Å². The third-order valence-corrected chi connectivity index (χ3v) is 4.49. The summed E-state index contributed by atoms with van der Waals surface area (Å²) in [6.07, 6.45) is 1.98. The molecule has 6 nitrogen and oxygen atoms in total. The minimum Gasteiger partial charge on any atom is -0.374 e. The van der Waals surface area contributed by atoms with Crippen molar-refractivity contribution in [3.63, 3.8) is 0 Å². The Kier molecular flexibility index (Phi) is 4.33. The molecular formula is C18H19ClN4O2. The highest BCUT2D eigenvalue weighted by molar-refractivity contribution is 6.35. The second-order valence-electron chi connectivity index (χ2n) is 6.00. The van der Waals surface area contributed by atoms with Gasteiger partial charge in [0.1, 0.15) is 24.1 Å². The van der Waals surface area contributed by atoms with Crippen LogP contribution in [-0.2, 0) is 22.7 Å². The molecule has 0 radical (unpaired) electrons. The molecular weight excluding hydrogens is 340 g/mol. The number of halogens is 1. The van der Waals surface area contributed by atoms with Crippen molar-refractivity contribution in [2.75, 3.05) is 6.61 Å². The predicted octanol–water partition coefficient (Wildman–Crippen LogP) is 3.58. The fraction of sp³-hybridized carbons (Fsp3) is 0.333. The Balaban J connectivity index is 1.92. The molecule has 1 aliphatic rings. The number of benzene rings is 1. The Labute approximate surface area is 150 Å². The average Bonchev–Trinajstić information content (AvgIpc) is 3.18. The van der Waals surface area contributed by atoms with Crippen LogP contribution in [0.4, 0.5) is 0 Å². The molecule has 4 rings (SSSR count). The summed E-state index contributed by atoms with van der Waals surface area (Å²) in [5.41, 5.74) is 6.41. The van der Waals surface area contributed by atoms with Gasteiger partial charge in [-0.1, -0.05) is 29.8 Å². The van der Waals surface area contributed by atoms with Crippen molar-refractivity contribution in [1.82, 2.24) is 20.0 Å². The van der Waals surface area contributed by atoms with Crippen LogP contribution in [0.5, 0.6) is 0 Å². The number of hydrogen-bond donors (Lipinski definition) is 1. The Bertz CT molecular complexity index is 967. The lowest BCUT2D eigenvalue weighted by Gasteiger charge is -2.14. The topological polar surface area (TPSA) is 61.2 Å². The van der Waals surface area contributed by atoms with Crippen LogP contribution in [0.3, 0.4) is 0 Å². The molecule has 0 saturated heterocycles. The molecule has 25 heavy (non-hydrogen) atoms. The van der Waals surface area contributed by atoms with Gasteiger partial charge in [0, 0.05) is 17.7 Å². The summed E-state index contributed by atoms with van der Waals surface area (Å²) in [6.45, 7) is 5.60. The molecule has 0 aliphatic carbocycles. The van der Waals surface area contributed by atoms with Gasteiger partial charge in [-0.15, -0.1) is 0 Å². The molecule has 130 valence electrons. The Morgan fingerprint density at radius 2 is 2.16 bits per heavy atom. The number of para-hydroxylation sites is 1. The summed E-state index contributed by atoms with van der Waals surface area (Å²) in [5, 5.41) is 1.42. The van der Waals surface area contributed by atoms with Crippen LogP contribution in [0.2, 0.25) is 5.15 Å². The van der Waals surface area contributed by atoms with Gasteiger partial charge in [0.25, 0.3) is 0 Å².